The molecule has 0 bridgehead atoms. The maximum atomic E-state index is 6.42. The van der Waals surface area contributed by atoms with Crippen molar-refractivity contribution in [1.82, 2.24) is 9.88 Å². The van der Waals surface area contributed by atoms with E-state index in [1.807, 2.05) is 12.3 Å². The van der Waals surface area contributed by atoms with Crippen molar-refractivity contribution in [3.8, 4) is 0 Å². The highest BCUT2D eigenvalue weighted by Gasteiger charge is 2.35. The summed E-state index contributed by atoms with van der Waals surface area (Å²) in [7, 11) is 0. The maximum absolute atomic E-state index is 6.42. The van der Waals surface area contributed by atoms with Gasteiger partial charge in [0.1, 0.15) is 0 Å². The van der Waals surface area contributed by atoms with Crippen LogP contribution >= 0.6 is 0 Å². The summed E-state index contributed by atoms with van der Waals surface area (Å²) in [6.07, 6.45) is 5.41. The second-order valence-corrected chi connectivity index (χ2v) is 6.22. The Kier molecular flexibility index (Phi) is 4.03. The summed E-state index contributed by atoms with van der Waals surface area (Å²) in [5.41, 5.74) is 7.66. The molecule has 0 amide bonds. The van der Waals surface area contributed by atoms with Crippen LogP contribution in [-0.2, 0) is 0 Å². The number of nitrogens with two attached hydrogens (primary N) is 1. The molecule has 2 unspecified atom stereocenters. The Morgan fingerprint density at radius 2 is 2.06 bits per heavy atom. The third kappa shape index (κ3) is 2.90. The highest BCUT2D eigenvalue weighted by atomic mass is 15.2. The van der Waals surface area contributed by atoms with Crippen LogP contribution < -0.4 is 5.73 Å². The monoisotopic (exact) mass is 247 g/mol. The zero-order valence-electron chi connectivity index (χ0n) is 11.8. The third-order valence-corrected chi connectivity index (χ3v) is 3.78. The largest absolute Gasteiger partial charge is 0.326 e. The van der Waals surface area contributed by atoms with Crippen LogP contribution in [0.4, 0.5) is 0 Å². The minimum Gasteiger partial charge on any atom is -0.326 e. The van der Waals surface area contributed by atoms with Crippen molar-refractivity contribution >= 4 is 0 Å². The smallest absolute Gasteiger partial charge is 0.0677 e. The molecule has 1 aromatic rings. The predicted molar refractivity (Wildman–Crippen MR) is 75.3 cm³/mol. The molecule has 1 aromatic heterocycles. The van der Waals surface area contributed by atoms with E-state index in [0.717, 1.165) is 18.7 Å². The van der Waals surface area contributed by atoms with Gasteiger partial charge in [-0.05, 0) is 52.3 Å². The molecule has 18 heavy (non-hydrogen) atoms. The molecule has 2 heterocycles. The first-order chi connectivity index (χ1) is 8.50. The number of rotatable bonds is 1. The van der Waals surface area contributed by atoms with Gasteiger partial charge in [-0.1, -0.05) is 12.5 Å². The van der Waals surface area contributed by atoms with Crippen LogP contribution in [0.1, 0.15) is 51.8 Å². The molecule has 0 aliphatic carbocycles. The molecule has 0 aromatic carbocycles. The molecule has 2 rings (SSSR count). The van der Waals surface area contributed by atoms with Crippen LogP contribution in [0.15, 0.2) is 24.4 Å². The fourth-order valence-corrected chi connectivity index (χ4v) is 2.87. The molecule has 2 atom stereocenters. The lowest BCUT2D eigenvalue weighted by molar-refractivity contribution is 0.0732. The Morgan fingerprint density at radius 1 is 1.28 bits per heavy atom. The van der Waals surface area contributed by atoms with Gasteiger partial charge in [0.25, 0.3) is 0 Å². The van der Waals surface area contributed by atoms with Gasteiger partial charge in [-0.25, -0.2) is 0 Å². The topological polar surface area (TPSA) is 42.1 Å². The summed E-state index contributed by atoms with van der Waals surface area (Å²) < 4.78 is 0. The van der Waals surface area contributed by atoms with E-state index in [2.05, 4.69) is 42.8 Å². The van der Waals surface area contributed by atoms with E-state index in [1.165, 1.54) is 12.8 Å². The fourth-order valence-electron chi connectivity index (χ4n) is 2.87. The zero-order chi connectivity index (χ0) is 13.2. The SMILES string of the molecule is CC(C)(C)N1CCCCC(N)C1c1ccccn1. The van der Waals surface area contributed by atoms with Crippen molar-refractivity contribution in [3.63, 3.8) is 0 Å². The minimum absolute atomic E-state index is 0.129. The fraction of sp³-hybridized carbons (Fsp3) is 0.667. The van der Waals surface area contributed by atoms with Crippen molar-refractivity contribution in [1.29, 1.82) is 0 Å². The van der Waals surface area contributed by atoms with Gasteiger partial charge in [-0.2, -0.15) is 0 Å². The van der Waals surface area contributed by atoms with E-state index >= 15 is 0 Å². The lowest BCUT2D eigenvalue weighted by Crippen LogP contribution is -2.49. The molecule has 1 aliphatic heterocycles. The summed E-state index contributed by atoms with van der Waals surface area (Å²) in [4.78, 5) is 7.06. The van der Waals surface area contributed by atoms with Gasteiger partial charge in [0, 0.05) is 17.8 Å². The van der Waals surface area contributed by atoms with E-state index in [9.17, 15) is 0 Å². The Balaban J connectivity index is 2.35. The second-order valence-electron chi connectivity index (χ2n) is 6.22. The first kappa shape index (κ1) is 13.5. The standard InChI is InChI=1S/C15H25N3/c1-15(2,3)18-11-7-5-8-12(16)14(18)13-9-4-6-10-17-13/h4,6,9-10,12,14H,5,7-8,11,16H2,1-3H3. The quantitative estimate of drug-likeness (QED) is 0.829. The highest BCUT2D eigenvalue weighted by Crippen LogP contribution is 2.33. The zero-order valence-corrected chi connectivity index (χ0v) is 11.8. The van der Waals surface area contributed by atoms with E-state index in [4.69, 9.17) is 5.73 Å². The molecule has 0 radical (unpaired) electrons. The number of nitrogens with zero attached hydrogens (tertiary/aromatic N) is 2. The summed E-state index contributed by atoms with van der Waals surface area (Å²) >= 11 is 0. The summed E-state index contributed by atoms with van der Waals surface area (Å²) in [6, 6.07) is 6.55. The van der Waals surface area contributed by atoms with Gasteiger partial charge in [0.2, 0.25) is 0 Å². The predicted octanol–water partition coefficient (Wildman–Crippen LogP) is 2.73. The van der Waals surface area contributed by atoms with E-state index in [-0.39, 0.29) is 17.6 Å². The van der Waals surface area contributed by atoms with Crippen molar-refractivity contribution in [2.75, 3.05) is 6.54 Å². The molecule has 3 heteroatoms. The lowest BCUT2D eigenvalue weighted by Gasteiger charge is -2.42. The molecule has 2 N–H and O–H groups in total. The third-order valence-electron chi connectivity index (χ3n) is 3.78. The van der Waals surface area contributed by atoms with Crippen molar-refractivity contribution in [3.05, 3.63) is 30.1 Å². The van der Waals surface area contributed by atoms with E-state index in [1.54, 1.807) is 0 Å². The average Bonchev–Trinajstić information content (AvgIpc) is 2.51. The van der Waals surface area contributed by atoms with E-state index in [0.29, 0.717) is 0 Å². The Hall–Kier alpha value is -0.930. The first-order valence-electron chi connectivity index (χ1n) is 6.93. The van der Waals surface area contributed by atoms with Crippen LogP contribution in [0.5, 0.6) is 0 Å². The number of likely N-dealkylation sites (tertiary alicyclic amines) is 1. The minimum atomic E-state index is 0.129. The average molecular weight is 247 g/mol. The van der Waals surface area contributed by atoms with Crippen molar-refractivity contribution < 1.29 is 0 Å². The molecule has 1 fully saturated rings. The van der Waals surface area contributed by atoms with Gasteiger partial charge in [0.05, 0.1) is 11.7 Å². The van der Waals surface area contributed by atoms with Gasteiger partial charge in [-0.15, -0.1) is 0 Å². The van der Waals surface area contributed by atoms with Gasteiger partial charge >= 0.3 is 0 Å². The first-order valence-corrected chi connectivity index (χ1v) is 6.93. The Labute approximate surface area is 110 Å². The maximum Gasteiger partial charge on any atom is 0.0677 e. The normalized spacial score (nSPS) is 26.9. The van der Waals surface area contributed by atoms with Crippen LogP contribution in [0.25, 0.3) is 0 Å². The van der Waals surface area contributed by atoms with Crippen LogP contribution in [0, 0.1) is 0 Å². The van der Waals surface area contributed by atoms with Crippen molar-refractivity contribution in [2.24, 2.45) is 5.73 Å². The summed E-state index contributed by atoms with van der Waals surface area (Å²) in [6.45, 7) is 7.90. The second kappa shape index (κ2) is 5.37. The molecule has 1 aliphatic rings. The van der Waals surface area contributed by atoms with Crippen molar-refractivity contribution in [2.45, 2.75) is 57.7 Å². The van der Waals surface area contributed by atoms with Gasteiger partial charge < -0.3 is 5.73 Å². The number of aromatic nitrogens is 1. The molecular weight excluding hydrogens is 222 g/mol. The van der Waals surface area contributed by atoms with Crippen LogP contribution in [0.3, 0.4) is 0 Å². The molecular formula is C15H25N3. The molecule has 100 valence electrons. The van der Waals surface area contributed by atoms with Gasteiger partial charge in [0.15, 0.2) is 0 Å². The number of pyridine rings is 1. The number of hydrogen-bond donors (Lipinski definition) is 1. The van der Waals surface area contributed by atoms with E-state index < -0.39 is 0 Å². The Bertz CT molecular complexity index is 369. The molecule has 0 saturated carbocycles. The summed E-state index contributed by atoms with van der Waals surface area (Å²) in [5.74, 6) is 0. The summed E-state index contributed by atoms with van der Waals surface area (Å²) in [5, 5.41) is 0. The van der Waals surface area contributed by atoms with Crippen LogP contribution in [0.2, 0.25) is 0 Å². The number of hydrogen-bond acceptors (Lipinski definition) is 3. The molecule has 3 nitrogen and oxygen atoms in total. The van der Waals surface area contributed by atoms with Gasteiger partial charge in [-0.3, -0.25) is 9.88 Å². The molecule has 0 spiro atoms. The Morgan fingerprint density at radius 3 is 2.67 bits per heavy atom. The van der Waals surface area contributed by atoms with Crippen LogP contribution in [-0.4, -0.2) is 28.0 Å². The lowest BCUT2D eigenvalue weighted by atomic mass is 9.95. The molecule has 1 saturated heterocycles. The highest BCUT2D eigenvalue weighted by molar-refractivity contribution is 5.13.